The number of hydrogen-bond donors (Lipinski definition) is 1. The Morgan fingerprint density at radius 1 is 1.54 bits per heavy atom. The van der Waals surface area contributed by atoms with E-state index in [1.54, 1.807) is 0 Å². The van der Waals surface area contributed by atoms with Crippen molar-refractivity contribution >= 4 is 5.82 Å². The van der Waals surface area contributed by atoms with Crippen LogP contribution in [-0.2, 0) is 0 Å². The molecule has 1 aliphatic carbocycles. The van der Waals surface area contributed by atoms with Crippen LogP contribution in [0.3, 0.4) is 0 Å². The Kier molecular flexibility index (Phi) is 1.96. The molecule has 2 N–H and O–H groups in total. The molecule has 0 aromatic carbocycles. The van der Waals surface area contributed by atoms with Gasteiger partial charge in [-0.15, -0.1) is 0 Å². The molecule has 3 nitrogen and oxygen atoms in total. The zero-order valence-corrected chi connectivity index (χ0v) is 8.07. The van der Waals surface area contributed by atoms with E-state index in [1.165, 1.54) is 5.56 Å². The lowest BCUT2D eigenvalue weighted by molar-refractivity contribution is 0.954. The second-order valence-corrected chi connectivity index (χ2v) is 3.82. The summed E-state index contributed by atoms with van der Waals surface area (Å²) in [6, 6.07) is 4.45. The summed E-state index contributed by atoms with van der Waals surface area (Å²) < 4.78 is 0. The normalized spacial score (nSPS) is 25.8. The fourth-order valence-corrected chi connectivity index (χ4v) is 1.64. The Hall–Kier alpha value is -1.09. The molecule has 2 rings (SSSR count). The first kappa shape index (κ1) is 8.51. The minimum atomic E-state index is 0.350. The molecule has 0 saturated heterocycles. The Bertz CT molecular complexity index is 309. The summed E-state index contributed by atoms with van der Waals surface area (Å²) >= 11 is 0. The van der Waals surface area contributed by atoms with E-state index in [0.29, 0.717) is 12.0 Å². The van der Waals surface area contributed by atoms with Crippen molar-refractivity contribution in [2.75, 3.05) is 19.0 Å². The van der Waals surface area contributed by atoms with Crippen molar-refractivity contribution in [1.82, 2.24) is 4.98 Å². The van der Waals surface area contributed by atoms with Crippen molar-refractivity contribution in [2.24, 2.45) is 5.73 Å². The number of nitrogens with zero attached hydrogens (tertiary/aromatic N) is 2. The van der Waals surface area contributed by atoms with Crippen LogP contribution < -0.4 is 10.6 Å². The lowest BCUT2D eigenvalue weighted by Gasteiger charge is -2.15. The van der Waals surface area contributed by atoms with E-state index in [4.69, 9.17) is 5.73 Å². The number of anilines is 1. The van der Waals surface area contributed by atoms with Crippen molar-refractivity contribution in [3.63, 3.8) is 0 Å². The molecule has 2 atom stereocenters. The van der Waals surface area contributed by atoms with Crippen LogP contribution in [0.4, 0.5) is 5.82 Å². The van der Waals surface area contributed by atoms with E-state index in [9.17, 15) is 0 Å². The summed E-state index contributed by atoms with van der Waals surface area (Å²) in [4.78, 5) is 6.39. The van der Waals surface area contributed by atoms with Gasteiger partial charge in [-0.1, -0.05) is 6.07 Å². The lowest BCUT2D eigenvalue weighted by atomic mass is 10.1. The maximum Gasteiger partial charge on any atom is 0.131 e. The molecule has 0 aliphatic heterocycles. The summed E-state index contributed by atoms with van der Waals surface area (Å²) in [6.07, 6.45) is 2.93. The highest BCUT2D eigenvalue weighted by molar-refractivity contribution is 5.50. The molecule has 1 aliphatic rings. The molecular weight excluding hydrogens is 162 g/mol. The van der Waals surface area contributed by atoms with Crippen LogP contribution in [0.5, 0.6) is 0 Å². The predicted octanol–water partition coefficient (Wildman–Crippen LogP) is 0.962. The molecule has 1 aromatic rings. The molecule has 3 heteroatoms. The van der Waals surface area contributed by atoms with Gasteiger partial charge in [-0.2, -0.15) is 0 Å². The highest BCUT2D eigenvalue weighted by Crippen LogP contribution is 2.42. The van der Waals surface area contributed by atoms with Gasteiger partial charge in [0.1, 0.15) is 5.82 Å². The minimum Gasteiger partial charge on any atom is -0.363 e. The van der Waals surface area contributed by atoms with E-state index in [0.717, 1.165) is 12.2 Å². The zero-order valence-electron chi connectivity index (χ0n) is 8.07. The third-order valence-electron chi connectivity index (χ3n) is 2.48. The average molecular weight is 177 g/mol. The van der Waals surface area contributed by atoms with E-state index in [2.05, 4.69) is 11.1 Å². The van der Waals surface area contributed by atoms with Crippen molar-refractivity contribution in [3.05, 3.63) is 23.9 Å². The standard InChI is InChI=1S/C10H15N3/c1-13(2)10-7(4-3-5-12-10)8-6-9(8)11/h3-5,8-9H,6,11H2,1-2H3. The highest BCUT2D eigenvalue weighted by Gasteiger charge is 2.36. The van der Waals surface area contributed by atoms with Crippen LogP contribution in [0.25, 0.3) is 0 Å². The van der Waals surface area contributed by atoms with Gasteiger partial charge in [0.05, 0.1) is 0 Å². The van der Waals surface area contributed by atoms with Gasteiger partial charge in [0.2, 0.25) is 0 Å². The Morgan fingerprint density at radius 2 is 2.23 bits per heavy atom. The minimum absolute atomic E-state index is 0.350. The highest BCUT2D eigenvalue weighted by atomic mass is 15.1. The van der Waals surface area contributed by atoms with Gasteiger partial charge in [0.25, 0.3) is 0 Å². The average Bonchev–Trinajstić information content (AvgIpc) is 2.82. The first-order valence-corrected chi connectivity index (χ1v) is 4.58. The smallest absolute Gasteiger partial charge is 0.131 e. The molecule has 0 bridgehead atoms. The number of pyridine rings is 1. The van der Waals surface area contributed by atoms with Crippen molar-refractivity contribution in [1.29, 1.82) is 0 Å². The molecule has 0 amide bonds. The van der Waals surface area contributed by atoms with E-state index < -0.39 is 0 Å². The van der Waals surface area contributed by atoms with Gasteiger partial charge in [0.15, 0.2) is 0 Å². The largest absolute Gasteiger partial charge is 0.363 e. The van der Waals surface area contributed by atoms with Gasteiger partial charge in [0, 0.05) is 32.3 Å². The molecule has 0 radical (unpaired) electrons. The van der Waals surface area contributed by atoms with E-state index in [1.807, 2.05) is 31.3 Å². The SMILES string of the molecule is CN(C)c1ncccc1C1CC1N. The summed E-state index contributed by atoms with van der Waals surface area (Å²) in [7, 11) is 4.03. The summed E-state index contributed by atoms with van der Waals surface area (Å²) in [6.45, 7) is 0. The first-order chi connectivity index (χ1) is 6.20. The van der Waals surface area contributed by atoms with Crippen LogP contribution in [0.2, 0.25) is 0 Å². The van der Waals surface area contributed by atoms with Gasteiger partial charge in [-0.3, -0.25) is 0 Å². The van der Waals surface area contributed by atoms with E-state index >= 15 is 0 Å². The second-order valence-electron chi connectivity index (χ2n) is 3.82. The van der Waals surface area contributed by atoms with Crippen LogP contribution in [0.15, 0.2) is 18.3 Å². The number of rotatable bonds is 2. The van der Waals surface area contributed by atoms with Crippen molar-refractivity contribution in [3.8, 4) is 0 Å². The quantitative estimate of drug-likeness (QED) is 0.731. The zero-order chi connectivity index (χ0) is 9.42. The fourth-order valence-electron chi connectivity index (χ4n) is 1.64. The maximum atomic E-state index is 5.82. The van der Waals surface area contributed by atoms with Crippen molar-refractivity contribution in [2.45, 2.75) is 18.4 Å². The Morgan fingerprint density at radius 3 is 2.77 bits per heavy atom. The van der Waals surface area contributed by atoms with Gasteiger partial charge in [-0.05, 0) is 18.1 Å². The molecule has 2 unspecified atom stereocenters. The molecule has 1 aromatic heterocycles. The second kappa shape index (κ2) is 3.00. The first-order valence-electron chi connectivity index (χ1n) is 4.58. The molecule has 13 heavy (non-hydrogen) atoms. The molecule has 1 saturated carbocycles. The summed E-state index contributed by atoms with van der Waals surface area (Å²) in [5.74, 6) is 1.59. The molecular formula is C10H15N3. The third-order valence-corrected chi connectivity index (χ3v) is 2.48. The maximum absolute atomic E-state index is 5.82. The third kappa shape index (κ3) is 1.52. The Labute approximate surface area is 78.6 Å². The van der Waals surface area contributed by atoms with Crippen molar-refractivity contribution < 1.29 is 0 Å². The fraction of sp³-hybridized carbons (Fsp3) is 0.500. The number of aromatic nitrogens is 1. The van der Waals surface area contributed by atoms with Crippen LogP contribution in [0, 0.1) is 0 Å². The topological polar surface area (TPSA) is 42.2 Å². The number of hydrogen-bond acceptors (Lipinski definition) is 3. The Balaban J connectivity index is 2.33. The van der Waals surface area contributed by atoms with Crippen LogP contribution in [0.1, 0.15) is 17.9 Å². The molecule has 70 valence electrons. The van der Waals surface area contributed by atoms with Crippen LogP contribution in [-0.4, -0.2) is 25.1 Å². The van der Waals surface area contributed by atoms with E-state index in [-0.39, 0.29) is 0 Å². The monoisotopic (exact) mass is 177 g/mol. The van der Waals surface area contributed by atoms with Gasteiger partial charge < -0.3 is 10.6 Å². The molecule has 1 heterocycles. The lowest BCUT2D eigenvalue weighted by Crippen LogP contribution is -2.13. The summed E-state index contributed by atoms with van der Waals surface area (Å²) in [5.41, 5.74) is 7.11. The van der Waals surface area contributed by atoms with Crippen LogP contribution >= 0.6 is 0 Å². The van der Waals surface area contributed by atoms with Gasteiger partial charge >= 0.3 is 0 Å². The predicted molar refractivity (Wildman–Crippen MR) is 53.9 cm³/mol. The number of nitrogens with two attached hydrogens (primary N) is 1. The molecule has 1 fully saturated rings. The summed E-state index contributed by atoms with van der Waals surface area (Å²) in [5, 5.41) is 0. The molecule has 0 spiro atoms. The van der Waals surface area contributed by atoms with Gasteiger partial charge in [-0.25, -0.2) is 4.98 Å².